The first kappa shape index (κ1) is 16.8. The van der Waals surface area contributed by atoms with E-state index in [4.69, 9.17) is 17.7 Å². The predicted octanol–water partition coefficient (Wildman–Crippen LogP) is 0.381. The minimum Gasteiger partial charge on any atom is -0.343 e. The fraction of sp³-hybridized carbons (Fsp3) is 0.364. The van der Waals surface area contributed by atoms with Crippen molar-refractivity contribution in [3.05, 3.63) is 0 Å². The van der Waals surface area contributed by atoms with Gasteiger partial charge in [-0.15, -0.1) is 25.3 Å². The van der Waals surface area contributed by atoms with Gasteiger partial charge in [-0.1, -0.05) is 11.8 Å². The molecule has 0 saturated carbocycles. The van der Waals surface area contributed by atoms with E-state index in [1.54, 1.807) is 7.05 Å². The molecule has 0 spiro atoms. The Balaban J connectivity index is 0.00000324. The molecule has 0 radical (unpaired) electrons. The van der Waals surface area contributed by atoms with Gasteiger partial charge < -0.3 is 10.6 Å². The van der Waals surface area contributed by atoms with E-state index in [0.29, 0.717) is 30.9 Å². The summed E-state index contributed by atoms with van der Waals surface area (Å²) in [5.41, 5.74) is 0. The molecule has 0 fully saturated rings. The van der Waals surface area contributed by atoms with Gasteiger partial charge in [-0.25, -0.2) is 5.06 Å². The summed E-state index contributed by atoms with van der Waals surface area (Å²) in [5.74, 6) is 5.90. The molecule has 0 aliphatic rings. The normalized spacial score (nSPS) is 8.63. The third kappa shape index (κ3) is 5.30. The molecule has 0 saturated heterocycles. The van der Waals surface area contributed by atoms with Gasteiger partial charge in [-0.3, -0.25) is 4.84 Å². The van der Waals surface area contributed by atoms with Crippen molar-refractivity contribution >= 4 is 30.3 Å². The molecule has 0 unspecified atom stereocenters. The first-order valence-corrected chi connectivity index (χ1v) is 5.09. The summed E-state index contributed by atoms with van der Waals surface area (Å²) in [5, 5.41) is 7.11. The lowest BCUT2D eigenvalue weighted by Gasteiger charge is -2.15. The third-order valence-corrected chi connectivity index (χ3v) is 1.88. The minimum absolute atomic E-state index is 0. The van der Waals surface area contributed by atoms with E-state index < -0.39 is 0 Å². The number of hydrogen-bond donors (Lipinski definition) is 2. The molecular formula is C11H15ClN6O. The van der Waals surface area contributed by atoms with Crippen LogP contribution in [0.1, 0.15) is 0 Å². The number of aromatic nitrogens is 3. The van der Waals surface area contributed by atoms with Gasteiger partial charge in [0.25, 0.3) is 5.95 Å². The average Bonchev–Trinajstić information content (AvgIpc) is 2.41. The first-order chi connectivity index (χ1) is 8.71. The smallest absolute Gasteiger partial charge is 0.256 e. The van der Waals surface area contributed by atoms with E-state index in [0.717, 1.165) is 0 Å². The number of hydroxylamine groups is 1. The average molecular weight is 283 g/mol. The number of nitrogens with one attached hydrogen (secondary N) is 2. The zero-order chi connectivity index (χ0) is 13.4. The Bertz CT molecular complexity index is 445. The van der Waals surface area contributed by atoms with Gasteiger partial charge in [-0.2, -0.15) is 15.0 Å². The van der Waals surface area contributed by atoms with Crippen LogP contribution in [0.5, 0.6) is 0 Å². The summed E-state index contributed by atoms with van der Waals surface area (Å²) in [6, 6.07) is 0. The van der Waals surface area contributed by atoms with Crippen LogP contribution in [-0.4, -0.2) is 42.2 Å². The van der Waals surface area contributed by atoms with Crippen LogP contribution in [-0.2, 0) is 4.84 Å². The number of hydrogen-bond acceptors (Lipinski definition) is 7. The Morgan fingerprint density at radius 3 is 1.95 bits per heavy atom. The van der Waals surface area contributed by atoms with Crippen LogP contribution in [0.3, 0.4) is 0 Å². The van der Waals surface area contributed by atoms with Gasteiger partial charge in [0, 0.05) is 7.05 Å². The Hall–Kier alpha value is -2.22. The maximum Gasteiger partial charge on any atom is 0.256 e. The molecule has 0 amide bonds. The number of terminal acetylenes is 2. The fourth-order valence-corrected chi connectivity index (χ4v) is 1.01. The first-order valence-electron chi connectivity index (χ1n) is 5.09. The van der Waals surface area contributed by atoms with Crippen LogP contribution in [0.2, 0.25) is 0 Å². The van der Waals surface area contributed by atoms with E-state index in [1.807, 2.05) is 0 Å². The molecule has 0 aromatic carbocycles. The molecule has 1 aromatic rings. The van der Waals surface area contributed by atoms with Crippen molar-refractivity contribution in [1.29, 1.82) is 0 Å². The lowest BCUT2D eigenvalue weighted by Crippen LogP contribution is -2.20. The molecule has 102 valence electrons. The topological polar surface area (TPSA) is 75.2 Å². The van der Waals surface area contributed by atoms with Crippen molar-refractivity contribution in [2.24, 2.45) is 0 Å². The fourth-order valence-electron chi connectivity index (χ4n) is 1.01. The summed E-state index contributed by atoms with van der Waals surface area (Å²) in [6.45, 7) is 0.628. The summed E-state index contributed by atoms with van der Waals surface area (Å²) < 4.78 is 0. The van der Waals surface area contributed by atoms with Crippen molar-refractivity contribution in [3.8, 4) is 24.7 Å². The van der Waals surface area contributed by atoms with E-state index >= 15 is 0 Å². The highest BCUT2D eigenvalue weighted by Gasteiger charge is 2.09. The van der Waals surface area contributed by atoms with Crippen LogP contribution in [0.25, 0.3) is 0 Å². The Kier molecular flexibility index (Phi) is 7.78. The Morgan fingerprint density at radius 2 is 1.58 bits per heavy atom. The number of nitrogens with zero attached hydrogens (tertiary/aromatic N) is 4. The molecule has 0 bridgehead atoms. The lowest BCUT2D eigenvalue weighted by molar-refractivity contribution is 0.180. The highest BCUT2D eigenvalue weighted by Crippen LogP contribution is 2.11. The quantitative estimate of drug-likeness (QED) is 0.577. The summed E-state index contributed by atoms with van der Waals surface area (Å²) in [7, 11) is 3.18. The molecule has 19 heavy (non-hydrogen) atoms. The minimum atomic E-state index is 0. The van der Waals surface area contributed by atoms with Gasteiger partial charge in [0.05, 0.1) is 20.2 Å². The van der Waals surface area contributed by atoms with Crippen molar-refractivity contribution in [3.63, 3.8) is 0 Å². The van der Waals surface area contributed by atoms with Gasteiger partial charge >= 0.3 is 0 Å². The molecule has 2 N–H and O–H groups in total. The molecule has 1 rings (SSSR count). The highest BCUT2D eigenvalue weighted by molar-refractivity contribution is 5.85. The molecule has 1 aromatic heterocycles. The molecule has 8 heteroatoms. The van der Waals surface area contributed by atoms with Crippen LogP contribution < -0.4 is 15.7 Å². The van der Waals surface area contributed by atoms with E-state index in [9.17, 15) is 0 Å². The highest BCUT2D eigenvalue weighted by atomic mass is 35.5. The summed E-state index contributed by atoms with van der Waals surface area (Å²) in [6.07, 6.45) is 10.3. The standard InChI is InChI=1S/C11H14N6O.ClH/c1-5-7-12-9-14-10(13-8-6-2)16-11(15-9)17(3)18-4;/h1-2H,7-8H2,3-4H3,(H2,12,13,14,15,16);1H. The van der Waals surface area contributed by atoms with Crippen LogP contribution in [0.15, 0.2) is 0 Å². The van der Waals surface area contributed by atoms with E-state index in [1.165, 1.54) is 12.2 Å². The van der Waals surface area contributed by atoms with Gasteiger partial charge in [0.1, 0.15) is 0 Å². The second-order valence-corrected chi connectivity index (χ2v) is 3.08. The second kappa shape index (κ2) is 8.81. The van der Waals surface area contributed by atoms with Gasteiger partial charge in [0.2, 0.25) is 11.9 Å². The van der Waals surface area contributed by atoms with Crippen molar-refractivity contribution < 1.29 is 4.84 Å². The predicted molar refractivity (Wildman–Crippen MR) is 77.1 cm³/mol. The lowest BCUT2D eigenvalue weighted by atomic mass is 10.6. The summed E-state index contributed by atoms with van der Waals surface area (Å²) in [4.78, 5) is 17.4. The monoisotopic (exact) mass is 282 g/mol. The molecule has 0 aliphatic heterocycles. The molecule has 7 nitrogen and oxygen atoms in total. The maximum atomic E-state index is 5.16. The zero-order valence-corrected chi connectivity index (χ0v) is 11.5. The molecule has 0 atom stereocenters. The maximum absolute atomic E-state index is 5.16. The Labute approximate surface area is 118 Å². The molecule has 0 aliphatic carbocycles. The van der Waals surface area contributed by atoms with Crippen LogP contribution in [0, 0.1) is 24.7 Å². The van der Waals surface area contributed by atoms with Crippen LogP contribution in [0.4, 0.5) is 17.8 Å². The van der Waals surface area contributed by atoms with E-state index in [-0.39, 0.29) is 12.4 Å². The number of rotatable bonds is 6. The molecular weight excluding hydrogens is 268 g/mol. The van der Waals surface area contributed by atoms with E-state index in [2.05, 4.69) is 37.4 Å². The number of anilines is 3. The van der Waals surface area contributed by atoms with Crippen molar-refractivity contribution in [2.75, 3.05) is 42.9 Å². The third-order valence-electron chi connectivity index (χ3n) is 1.88. The summed E-state index contributed by atoms with van der Waals surface area (Å²) >= 11 is 0. The van der Waals surface area contributed by atoms with Gasteiger partial charge in [-0.05, 0) is 0 Å². The number of halogens is 1. The molecule has 1 heterocycles. The van der Waals surface area contributed by atoms with Crippen molar-refractivity contribution in [1.82, 2.24) is 15.0 Å². The SMILES string of the molecule is C#CCNc1nc(NCC#C)nc(N(C)OC)n1.Cl. The second-order valence-electron chi connectivity index (χ2n) is 3.08. The zero-order valence-electron chi connectivity index (χ0n) is 10.7. The Morgan fingerprint density at radius 1 is 1.11 bits per heavy atom. The largest absolute Gasteiger partial charge is 0.343 e. The van der Waals surface area contributed by atoms with Crippen molar-refractivity contribution in [2.45, 2.75) is 0 Å². The van der Waals surface area contributed by atoms with Crippen LogP contribution >= 0.6 is 12.4 Å². The van der Waals surface area contributed by atoms with Gasteiger partial charge in [0.15, 0.2) is 0 Å².